The van der Waals surface area contributed by atoms with Crippen LogP contribution in [0.2, 0.25) is 0 Å². The first-order valence-electron chi connectivity index (χ1n) is 4.63. The zero-order chi connectivity index (χ0) is 11.0. The van der Waals surface area contributed by atoms with Crippen LogP contribution in [0.15, 0.2) is 16.6 Å². The third-order valence-electron chi connectivity index (χ3n) is 2.25. The number of benzene rings is 1. The molecule has 1 aromatic rings. The minimum Gasteiger partial charge on any atom is -0.397 e. The van der Waals surface area contributed by atoms with Crippen molar-refractivity contribution in [2.45, 2.75) is 18.9 Å². The fraction of sp³-hybridized carbons (Fsp3) is 0.300. The van der Waals surface area contributed by atoms with E-state index in [0.29, 0.717) is 4.47 Å². The van der Waals surface area contributed by atoms with Crippen LogP contribution in [0.1, 0.15) is 23.2 Å². The molecule has 1 aliphatic rings. The molecular weight excluding hydrogens is 263 g/mol. The van der Waals surface area contributed by atoms with Gasteiger partial charge < -0.3 is 11.1 Å². The van der Waals surface area contributed by atoms with Crippen molar-refractivity contribution in [3.8, 4) is 0 Å². The summed E-state index contributed by atoms with van der Waals surface area (Å²) in [6, 6.07) is 2.63. The number of anilines is 1. The molecule has 1 fully saturated rings. The summed E-state index contributed by atoms with van der Waals surface area (Å²) in [6.45, 7) is 0. The highest BCUT2D eigenvalue weighted by Gasteiger charge is 2.25. The van der Waals surface area contributed by atoms with E-state index < -0.39 is 5.82 Å². The predicted octanol–water partition coefficient (Wildman–Crippen LogP) is 2.06. The predicted molar refractivity (Wildman–Crippen MR) is 59.0 cm³/mol. The first-order valence-corrected chi connectivity index (χ1v) is 5.42. The van der Waals surface area contributed by atoms with E-state index in [1.807, 2.05) is 0 Å². The summed E-state index contributed by atoms with van der Waals surface area (Å²) in [7, 11) is 0. The standard InChI is InChI=1S/C10H10BrFN2O/c11-8-4-5(12)3-7(9(8)13)10(15)14-6-1-2-6/h3-4,6H,1-2,13H2,(H,14,15). The van der Waals surface area contributed by atoms with Crippen molar-refractivity contribution >= 4 is 27.5 Å². The molecule has 0 spiro atoms. The highest BCUT2D eigenvalue weighted by Crippen LogP contribution is 2.26. The van der Waals surface area contributed by atoms with E-state index >= 15 is 0 Å². The first-order chi connectivity index (χ1) is 7.08. The third kappa shape index (κ3) is 2.28. The lowest BCUT2D eigenvalue weighted by Gasteiger charge is -2.08. The summed E-state index contributed by atoms with van der Waals surface area (Å²) >= 11 is 3.10. The molecule has 3 nitrogen and oxygen atoms in total. The molecule has 80 valence electrons. The largest absolute Gasteiger partial charge is 0.397 e. The molecule has 5 heteroatoms. The van der Waals surface area contributed by atoms with E-state index in [2.05, 4.69) is 21.2 Å². The second-order valence-corrected chi connectivity index (χ2v) is 4.45. The second kappa shape index (κ2) is 3.81. The molecule has 0 unspecified atom stereocenters. The maximum atomic E-state index is 13.1. The van der Waals surface area contributed by atoms with Gasteiger partial charge in [0.15, 0.2) is 0 Å². The zero-order valence-electron chi connectivity index (χ0n) is 7.89. The second-order valence-electron chi connectivity index (χ2n) is 3.60. The van der Waals surface area contributed by atoms with Gasteiger partial charge >= 0.3 is 0 Å². The van der Waals surface area contributed by atoms with Crippen molar-refractivity contribution in [1.82, 2.24) is 5.32 Å². The number of carbonyl (C=O) groups excluding carboxylic acids is 1. The molecule has 0 aliphatic heterocycles. The fourth-order valence-electron chi connectivity index (χ4n) is 1.26. The molecular formula is C10H10BrFN2O. The zero-order valence-corrected chi connectivity index (χ0v) is 9.47. The number of halogens is 2. The monoisotopic (exact) mass is 272 g/mol. The lowest BCUT2D eigenvalue weighted by molar-refractivity contribution is 0.0951. The van der Waals surface area contributed by atoms with Gasteiger partial charge in [-0.05, 0) is 40.9 Å². The highest BCUT2D eigenvalue weighted by atomic mass is 79.9. The van der Waals surface area contributed by atoms with Gasteiger partial charge in [-0.2, -0.15) is 0 Å². The van der Waals surface area contributed by atoms with Crippen molar-refractivity contribution in [1.29, 1.82) is 0 Å². The normalized spacial score (nSPS) is 15.1. The van der Waals surface area contributed by atoms with Crippen molar-refractivity contribution in [2.24, 2.45) is 0 Å². The van der Waals surface area contributed by atoms with E-state index in [1.165, 1.54) is 6.07 Å². The highest BCUT2D eigenvalue weighted by molar-refractivity contribution is 9.10. The quantitative estimate of drug-likeness (QED) is 0.810. The van der Waals surface area contributed by atoms with Gasteiger partial charge in [-0.3, -0.25) is 4.79 Å². The number of carbonyl (C=O) groups is 1. The van der Waals surface area contributed by atoms with Gasteiger partial charge in [0.2, 0.25) is 0 Å². The van der Waals surface area contributed by atoms with Gasteiger partial charge in [-0.25, -0.2) is 4.39 Å². The van der Waals surface area contributed by atoms with Crippen LogP contribution in [0.4, 0.5) is 10.1 Å². The molecule has 3 N–H and O–H groups in total. The molecule has 15 heavy (non-hydrogen) atoms. The topological polar surface area (TPSA) is 55.1 Å². The third-order valence-corrected chi connectivity index (χ3v) is 2.91. The Morgan fingerprint density at radius 3 is 2.80 bits per heavy atom. The fourth-order valence-corrected chi connectivity index (χ4v) is 1.70. The first kappa shape index (κ1) is 10.4. The van der Waals surface area contributed by atoms with Crippen LogP contribution in [0.3, 0.4) is 0 Å². The molecule has 0 heterocycles. The Bertz CT molecular complexity index is 418. The summed E-state index contributed by atoms with van der Waals surface area (Å²) in [5.41, 5.74) is 6.14. The van der Waals surface area contributed by atoms with Gasteiger partial charge in [0.25, 0.3) is 5.91 Å². The van der Waals surface area contributed by atoms with Crippen molar-refractivity contribution in [3.63, 3.8) is 0 Å². The molecule has 2 rings (SSSR count). The Kier molecular flexibility index (Phi) is 2.65. The van der Waals surface area contributed by atoms with Crippen LogP contribution in [-0.2, 0) is 0 Å². The number of amides is 1. The summed E-state index contributed by atoms with van der Waals surface area (Å²) in [6.07, 6.45) is 1.98. The number of nitrogen functional groups attached to an aromatic ring is 1. The molecule has 0 bridgehead atoms. The minimum absolute atomic E-state index is 0.189. The Morgan fingerprint density at radius 2 is 2.20 bits per heavy atom. The van der Waals surface area contributed by atoms with Crippen LogP contribution >= 0.6 is 15.9 Å². The van der Waals surface area contributed by atoms with Crippen molar-refractivity contribution in [2.75, 3.05) is 5.73 Å². The van der Waals surface area contributed by atoms with E-state index in [9.17, 15) is 9.18 Å². The van der Waals surface area contributed by atoms with Crippen LogP contribution < -0.4 is 11.1 Å². The maximum absolute atomic E-state index is 13.1. The van der Waals surface area contributed by atoms with Gasteiger partial charge in [-0.1, -0.05) is 0 Å². The van der Waals surface area contributed by atoms with Gasteiger partial charge in [0, 0.05) is 10.5 Å². The lowest BCUT2D eigenvalue weighted by Crippen LogP contribution is -2.26. The molecule has 0 aromatic heterocycles. The Balaban J connectivity index is 2.28. The molecule has 1 aliphatic carbocycles. The van der Waals surface area contributed by atoms with Crippen LogP contribution in [0.25, 0.3) is 0 Å². The molecule has 0 atom stereocenters. The maximum Gasteiger partial charge on any atom is 0.253 e. The van der Waals surface area contributed by atoms with Crippen molar-refractivity contribution < 1.29 is 9.18 Å². The summed E-state index contributed by atoms with van der Waals surface area (Å²) < 4.78 is 13.5. The molecule has 0 saturated heterocycles. The van der Waals surface area contributed by atoms with Gasteiger partial charge in [0.05, 0.1) is 11.3 Å². The molecule has 1 saturated carbocycles. The lowest BCUT2D eigenvalue weighted by atomic mass is 10.1. The number of rotatable bonds is 2. The Morgan fingerprint density at radius 1 is 1.53 bits per heavy atom. The van der Waals surface area contributed by atoms with E-state index in [-0.39, 0.29) is 23.2 Å². The summed E-state index contributed by atoms with van der Waals surface area (Å²) in [5.74, 6) is -0.785. The van der Waals surface area contributed by atoms with Crippen molar-refractivity contribution in [3.05, 3.63) is 28.0 Å². The number of hydrogen-bond donors (Lipinski definition) is 2. The molecule has 0 radical (unpaired) electrons. The van der Waals surface area contributed by atoms with Crippen LogP contribution in [-0.4, -0.2) is 11.9 Å². The van der Waals surface area contributed by atoms with Gasteiger partial charge in [0.1, 0.15) is 5.82 Å². The average molecular weight is 273 g/mol. The van der Waals surface area contributed by atoms with E-state index in [4.69, 9.17) is 5.73 Å². The number of nitrogens with two attached hydrogens (primary N) is 1. The average Bonchev–Trinajstić information content (AvgIpc) is 2.94. The smallest absolute Gasteiger partial charge is 0.253 e. The van der Waals surface area contributed by atoms with E-state index in [0.717, 1.165) is 18.9 Å². The number of hydrogen-bond acceptors (Lipinski definition) is 2. The van der Waals surface area contributed by atoms with Crippen LogP contribution in [0, 0.1) is 5.82 Å². The number of nitrogens with one attached hydrogen (secondary N) is 1. The van der Waals surface area contributed by atoms with Crippen LogP contribution in [0.5, 0.6) is 0 Å². The molecule has 1 aromatic carbocycles. The minimum atomic E-state index is -0.475. The SMILES string of the molecule is Nc1c(Br)cc(F)cc1C(=O)NC1CC1. The van der Waals surface area contributed by atoms with Gasteiger partial charge in [-0.15, -0.1) is 0 Å². The van der Waals surface area contributed by atoms with E-state index in [1.54, 1.807) is 0 Å². The Labute approximate surface area is 95.0 Å². The molecule has 1 amide bonds. The Hall–Kier alpha value is -1.10. The summed E-state index contributed by atoms with van der Waals surface area (Å²) in [5, 5.41) is 2.76. The summed E-state index contributed by atoms with van der Waals surface area (Å²) in [4.78, 5) is 11.6.